The zero-order valence-electron chi connectivity index (χ0n) is 16.3. The minimum absolute atomic E-state index is 0. The summed E-state index contributed by atoms with van der Waals surface area (Å²) in [7, 11) is 3.40. The van der Waals surface area contributed by atoms with Crippen molar-refractivity contribution in [3.8, 4) is 11.5 Å². The monoisotopic (exact) mass is 488 g/mol. The van der Waals surface area contributed by atoms with Crippen LogP contribution in [0, 0.1) is 0 Å². The number of aliphatic imine (C=N–C) groups is 1. The third-order valence-electron chi connectivity index (χ3n) is 3.83. The normalized spacial score (nSPS) is 12.1. The first kappa shape index (κ1) is 23.0. The lowest BCUT2D eigenvalue weighted by molar-refractivity contribution is 0.223. The standard InChI is InChI=1S/C18H28N6O2.HI/c1-5-17-23-22-13-24(17)11-10-20-18(19-3)21-12-14(2)26-16-8-6-15(25-4)7-9-16;/h6-9,13-14H,5,10-12H2,1-4H3,(H2,19,20,21);1H. The highest BCUT2D eigenvalue weighted by atomic mass is 127. The van der Waals surface area contributed by atoms with Gasteiger partial charge in [0, 0.05) is 26.6 Å². The molecule has 0 bridgehead atoms. The van der Waals surface area contributed by atoms with Crippen LogP contribution in [0.1, 0.15) is 19.7 Å². The third kappa shape index (κ3) is 7.61. The van der Waals surface area contributed by atoms with Gasteiger partial charge in [-0.3, -0.25) is 4.99 Å². The molecule has 9 heteroatoms. The fourth-order valence-corrected chi connectivity index (χ4v) is 2.42. The molecule has 1 aromatic heterocycles. The van der Waals surface area contributed by atoms with Crippen molar-refractivity contribution < 1.29 is 9.47 Å². The summed E-state index contributed by atoms with van der Waals surface area (Å²) in [5, 5.41) is 14.6. The molecule has 0 saturated carbocycles. The second kappa shape index (κ2) is 12.4. The largest absolute Gasteiger partial charge is 0.497 e. The molecule has 0 radical (unpaired) electrons. The molecule has 1 heterocycles. The summed E-state index contributed by atoms with van der Waals surface area (Å²) in [5.41, 5.74) is 0. The van der Waals surface area contributed by atoms with Gasteiger partial charge < -0.3 is 24.7 Å². The van der Waals surface area contributed by atoms with E-state index in [1.54, 1.807) is 20.5 Å². The molecule has 0 aliphatic carbocycles. The van der Waals surface area contributed by atoms with Crippen LogP contribution >= 0.6 is 24.0 Å². The van der Waals surface area contributed by atoms with Crippen molar-refractivity contribution in [2.75, 3.05) is 27.2 Å². The maximum atomic E-state index is 5.88. The summed E-state index contributed by atoms with van der Waals surface area (Å²) in [5.74, 6) is 3.34. The molecule has 0 amide bonds. The van der Waals surface area contributed by atoms with Crippen LogP contribution < -0.4 is 20.1 Å². The number of guanidine groups is 1. The second-order valence-corrected chi connectivity index (χ2v) is 5.78. The van der Waals surface area contributed by atoms with Crippen LogP contribution in [0.5, 0.6) is 11.5 Å². The summed E-state index contributed by atoms with van der Waals surface area (Å²) < 4.78 is 13.1. The Morgan fingerprint density at radius 2 is 1.93 bits per heavy atom. The summed E-state index contributed by atoms with van der Waals surface area (Å²) in [4.78, 5) is 4.23. The molecule has 27 heavy (non-hydrogen) atoms. The van der Waals surface area contributed by atoms with E-state index in [4.69, 9.17) is 9.47 Å². The molecule has 1 aromatic carbocycles. The smallest absolute Gasteiger partial charge is 0.191 e. The minimum atomic E-state index is -0.00788. The van der Waals surface area contributed by atoms with Gasteiger partial charge in [-0.25, -0.2) is 0 Å². The number of hydrogen-bond donors (Lipinski definition) is 2. The molecule has 0 fully saturated rings. The lowest BCUT2D eigenvalue weighted by Crippen LogP contribution is -2.42. The molecule has 0 saturated heterocycles. The molecule has 0 aliphatic heterocycles. The average molecular weight is 488 g/mol. The Hall–Kier alpha value is -2.04. The van der Waals surface area contributed by atoms with E-state index in [0.717, 1.165) is 42.8 Å². The molecule has 1 unspecified atom stereocenters. The summed E-state index contributed by atoms with van der Waals surface area (Å²) in [6, 6.07) is 7.55. The first-order valence-corrected chi connectivity index (χ1v) is 8.78. The summed E-state index contributed by atoms with van der Waals surface area (Å²) in [6.45, 7) is 6.24. The number of aryl methyl sites for hydroxylation is 1. The fourth-order valence-electron chi connectivity index (χ4n) is 2.42. The van der Waals surface area contributed by atoms with Crippen LogP contribution in [-0.4, -0.2) is 54.1 Å². The van der Waals surface area contributed by atoms with Gasteiger partial charge in [0.2, 0.25) is 0 Å². The third-order valence-corrected chi connectivity index (χ3v) is 3.83. The number of hydrogen-bond acceptors (Lipinski definition) is 5. The highest BCUT2D eigenvalue weighted by Gasteiger charge is 2.07. The average Bonchev–Trinajstić information content (AvgIpc) is 3.12. The van der Waals surface area contributed by atoms with E-state index >= 15 is 0 Å². The van der Waals surface area contributed by atoms with Gasteiger partial charge in [0.05, 0.1) is 13.7 Å². The Bertz CT molecular complexity index is 689. The fraction of sp³-hybridized carbons (Fsp3) is 0.500. The van der Waals surface area contributed by atoms with Crippen molar-refractivity contribution in [2.24, 2.45) is 4.99 Å². The van der Waals surface area contributed by atoms with Gasteiger partial charge in [-0.15, -0.1) is 34.2 Å². The summed E-state index contributed by atoms with van der Waals surface area (Å²) >= 11 is 0. The number of aromatic nitrogens is 3. The van der Waals surface area contributed by atoms with Gasteiger partial charge in [0.25, 0.3) is 0 Å². The lowest BCUT2D eigenvalue weighted by Gasteiger charge is -2.18. The molecular formula is C18H29IN6O2. The van der Waals surface area contributed by atoms with Crippen LogP contribution in [0.25, 0.3) is 0 Å². The molecule has 8 nitrogen and oxygen atoms in total. The van der Waals surface area contributed by atoms with Crippen molar-refractivity contribution in [1.29, 1.82) is 0 Å². The van der Waals surface area contributed by atoms with Crippen molar-refractivity contribution >= 4 is 29.9 Å². The van der Waals surface area contributed by atoms with Gasteiger partial charge >= 0.3 is 0 Å². The van der Waals surface area contributed by atoms with Crippen LogP contribution in [0.15, 0.2) is 35.6 Å². The van der Waals surface area contributed by atoms with Crippen LogP contribution in [0.4, 0.5) is 0 Å². The first-order chi connectivity index (χ1) is 12.7. The number of rotatable bonds is 9. The molecule has 2 rings (SSSR count). The van der Waals surface area contributed by atoms with E-state index in [0.29, 0.717) is 6.54 Å². The number of ether oxygens (including phenoxy) is 2. The number of methoxy groups -OCH3 is 1. The van der Waals surface area contributed by atoms with E-state index in [1.807, 2.05) is 35.8 Å². The van der Waals surface area contributed by atoms with Gasteiger partial charge in [0.1, 0.15) is 29.8 Å². The van der Waals surface area contributed by atoms with E-state index < -0.39 is 0 Å². The Balaban J connectivity index is 0.00000364. The van der Waals surface area contributed by atoms with E-state index in [2.05, 4.69) is 32.7 Å². The van der Waals surface area contributed by atoms with Crippen molar-refractivity contribution in [2.45, 2.75) is 32.9 Å². The topological polar surface area (TPSA) is 85.6 Å². The Morgan fingerprint density at radius 1 is 1.22 bits per heavy atom. The van der Waals surface area contributed by atoms with Gasteiger partial charge in [-0.2, -0.15) is 0 Å². The number of nitrogens with zero attached hydrogens (tertiary/aromatic N) is 4. The van der Waals surface area contributed by atoms with Gasteiger partial charge in [-0.05, 0) is 31.2 Å². The number of nitrogens with one attached hydrogen (secondary N) is 2. The van der Waals surface area contributed by atoms with Crippen molar-refractivity contribution in [3.05, 3.63) is 36.4 Å². The van der Waals surface area contributed by atoms with E-state index in [9.17, 15) is 0 Å². The van der Waals surface area contributed by atoms with E-state index in [1.165, 1.54) is 0 Å². The molecule has 0 aliphatic rings. The van der Waals surface area contributed by atoms with Crippen LogP contribution in [-0.2, 0) is 13.0 Å². The van der Waals surface area contributed by atoms with Gasteiger partial charge in [-0.1, -0.05) is 6.92 Å². The molecule has 150 valence electrons. The predicted molar refractivity (Wildman–Crippen MR) is 117 cm³/mol. The van der Waals surface area contributed by atoms with E-state index in [-0.39, 0.29) is 30.1 Å². The number of halogens is 1. The zero-order chi connectivity index (χ0) is 18.8. The highest BCUT2D eigenvalue weighted by molar-refractivity contribution is 14.0. The van der Waals surface area contributed by atoms with Crippen LogP contribution in [0.2, 0.25) is 0 Å². The van der Waals surface area contributed by atoms with Gasteiger partial charge in [0.15, 0.2) is 5.96 Å². The summed E-state index contributed by atoms with van der Waals surface area (Å²) in [6.07, 6.45) is 2.61. The number of benzene rings is 1. The zero-order valence-corrected chi connectivity index (χ0v) is 18.6. The highest BCUT2D eigenvalue weighted by Crippen LogP contribution is 2.17. The molecule has 2 aromatic rings. The molecular weight excluding hydrogens is 459 g/mol. The van der Waals surface area contributed by atoms with Crippen LogP contribution in [0.3, 0.4) is 0 Å². The maximum Gasteiger partial charge on any atom is 0.191 e. The second-order valence-electron chi connectivity index (χ2n) is 5.78. The quantitative estimate of drug-likeness (QED) is 0.320. The first-order valence-electron chi connectivity index (χ1n) is 8.78. The van der Waals surface area contributed by atoms with Crippen molar-refractivity contribution in [1.82, 2.24) is 25.4 Å². The molecule has 2 N–H and O–H groups in total. The predicted octanol–water partition coefficient (Wildman–Crippen LogP) is 2.10. The lowest BCUT2D eigenvalue weighted by atomic mass is 10.3. The molecule has 0 spiro atoms. The minimum Gasteiger partial charge on any atom is -0.497 e. The molecule has 1 atom stereocenters. The maximum absolute atomic E-state index is 5.88. The Labute approximate surface area is 177 Å². The Kier molecular flexibility index (Phi) is 10.5. The van der Waals surface area contributed by atoms with Crippen molar-refractivity contribution in [3.63, 3.8) is 0 Å². The SMILES string of the molecule is CCc1nncn1CCNC(=NC)NCC(C)Oc1ccc(OC)cc1.I. The Morgan fingerprint density at radius 3 is 2.56 bits per heavy atom.